The van der Waals surface area contributed by atoms with Crippen molar-refractivity contribution in [2.24, 2.45) is 0 Å². The Kier molecular flexibility index (Phi) is 2.92. The van der Waals surface area contributed by atoms with Gasteiger partial charge in [-0.2, -0.15) is 9.78 Å². The van der Waals surface area contributed by atoms with E-state index in [1.54, 1.807) is 18.0 Å². The fourth-order valence-corrected chi connectivity index (χ4v) is 2.47. The van der Waals surface area contributed by atoms with Crippen LogP contribution in [-0.2, 0) is 0 Å². The molecule has 0 amide bonds. The van der Waals surface area contributed by atoms with Gasteiger partial charge in [0.25, 0.3) is 0 Å². The predicted molar refractivity (Wildman–Crippen MR) is 75.6 cm³/mol. The molecule has 96 valence electrons. The number of aromatic nitrogens is 3. The van der Waals surface area contributed by atoms with Crippen LogP contribution in [0.3, 0.4) is 0 Å². The fourth-order valence-electron chi connectivity index (χ4n) is 1.86. The van der Waals surface area contributed by atoms with Gasteiger partial charge in [-0.15, -0.1) is 11.3 Å². The van der Waals surface area contributed by atoms with Crippen LogP contribution in [-0.4, -0.2) is 21.9 Å². The summed E-state index contributed by atoms with van der Waals surface area (Å²) in [6, 6.07) is 9.53. The molecule has 0 atom stereocenters. The second kappa shape index (κ2) is 4.74. The number of nitrogens with two attached hydrogens (primary N) is 1. The minimum Gasteiger partial charge on any atom is -0.496 e. The minimum absolute atomic E-state index is 0.552. The summed E-state index contributed by atoms with van der Waals surface area (Å²) in [5.41, 5.74) is 7.67. The summed E-state index contributed by atoms with van der Waals surface area (Å²) >= 11 is 1.49. The molecule has 0 aliphatic rings. The van der Waals surface area contributed by atoms with Crippen molar-refractivity contribution in [1.29, 1.82) is 0 Å². The summed E-state index contributed by atoms with van der Waals surface area (Å²) in [6.45, 7) is 0. The Morgan fingerprint density at radius 1 is 1.32 bits per heavy atom. The second-order valence-corrected chi connectivity index (χ2v) is 4.75. The molecule has 5 nitrogen and oxygen atoms in total. The maximum Gasteiger partial charge on any atom is 0.212 e. The number of benzene rings is 1. The summed E-state index contributed by atoms with van der Waals surface area (Å²) in [7, 11) is 1.64. The van der Waals surface area contributed by atoms with Gasteiger partial charge < -0.3 is 10.5 Å². The van der Waals surface area contributed by atoms with Gasteiger partial charge in [0.05, 0.1) is 12.8 Å². The molecule has 0 aliphatic carbocycles. The quantitative estimate of drug-likeness (QED) is 0.796. The molecule has 0 bridgehead atoms. The van der Waals surface area contributed by atoms with E-state index in [2.05, 4.69) is 10.1 Å². The molecule has 0 saturated heterocycles. The lowest BCUT2D eigenvalue weighted by atomic mass is 10.1. The predicted octanol–water partition coefficient (Wildman–Crippen LogP) is 2.59. The first-order valence-corrected chi connectivity index (χ1v) is 6.56. The van der Waals surface area contributed by atoms with E-state index in [0.29, 0.717) is 5.82 Å². The minimum atomic E-state index is 0.552. The van der Waals surface area contributed by atoms with E-state index in [1.807, 2.05) is 35.7 Å². The van der Waals surface area contributed by atoms with Crippen molar-refractivity contribution in [3.63, 3.8) is 0 Å². The second-order valence-electron chi connectivity index (χ2n) is 3.88. The van der Waals surface area contributed by atoms with Crippen LogP contribution >= 0.6 is 11.3 Å². The zero-order valence-corrected chi connectivity index (χ0v) is 11.1. The van der Waals surface area contributed by atoms with E-state index in [9.17, 15) is 0 Å². The normalized spacial score (nSPS) is 10.6. The van der Waals surface area contributed by atoms with E-state index in [1.165, 1.54) is 11.3 Å². The first kappa shape index (κ1) is 11.7. The Balaban J connectivity index is 2.10. The molecule has 1 aromatic carbocycles. The maximum absolute atomic E-state index is 5.99. The van der Waals surface area contributed by atoms with Crippen LogP contribution in [0.1, 0.15) is 0 Å². The van der Waals surface area contributed by atoms with Crippen molar-refractivity contribution in [1.82, 2.24) is 14.8 Å². The van der Waals surface area contributed by atoms with Crippen molar-refractivity contribution in [2.45, 2.75) is 0 Å². The van der Waals surface area contributed by atoms with E-state index < -0.39 is 0 Å². The lowest BCUT2D eigenvalue weighted by Crippen LogP contribution is -2.00. The Labute approximate surface area is 114 Å². The number of rotatable bonds is 3. The topological polar surface area (TPSA) is 66.0 Å². The first-order valence-electron chi connectivity index (χ1n) is 5.68. The number of nitrogens with zero attached hydrogens (tertiary/aromatic N) is 3. The molecule has 2 heterocycles. The molecular formula is C13H12N4OS. The van der Waals surface area contributed by atoms with E-state index in [0.717, 1.165) is 22.1 Å². The number of nitrogen functional groups attached to an aromatic ring is 1. The average Bonchev–Trinajstić information content (AvgIpc) is 3.07. The van der Waals surface area contributed by atoms with Crippen LogP contribution in [0.15, 0.2) is 41.9 Å². The van der Waals surface area contributed by atoms with Crippen LogP contribution < -0.4 is 10.5 Å². The molecule has 3 aromatic rings. The Bertz CT molecular complexity index is 690. The summed E-state index contributed by atoms with van der Waals surface area (Å²) in [5, 5.41) is 7.13. The lowest BCUT2D eigenvalue weighted by molar-refractivity contribution is 0.416. The van der Waals surface area contributed by atoms with Gasteiger partial charge in [0, 0.05) is 23.2 Å². The molecule has 0 fully saturated rings. The third-order valence-electron chi connectivity index (χ3n) is 2.72. The van der Waals surface area contributed by atoms with Crippen LogP contribution in [0.4, 0.5) is 5.82 Å². The van der Waals surface area contributed by atoms with Crippen molar-refractivity contribution in [3.05, 3.63) is 41.9 Å². The van der Waals surface area contributed by atoms with E-state index >= 15 is 0 Å². The van der Waals surface area contributed by atoms with Gasteiger partial charge in [0.15, 0.2) is 0 Å². The standard InChI is InChI=1S/C13H12N4OS/c1-18-11-5-3-2-4-9(11)10-8-12(14)17(16-10)13-15-6-7-19-13/h2-8H,14H2,1H3. The largest absolute Gasteiger partial charge is 0.496 e. The lowest BCUT2D eigenvalue weighted by Gasteiger charge is -2.04. The SMILES string of the molecule is COc1ccccc1-c1cc(N)n(-c2nccs2)n1. The third-order valence-corrected chi connectivity index (χ3v) is 3.47. The van der Waals surface area contributed by atoms with Crippen LogP contribution in [0.2, 0.25) is 0 Å². The molecule has 0 spiro atoms. The van der Waals surface area contributed by atoms with Gasteiger partial charge in [-0.05, 0) is 12.1 Å². The van der Waals surface area contributed by atoms with Gasteiger partial charge in [0.1, 0.15) is 11.6 Å². The Hall–Kier alpha value is -2.34. The van der Waals surface area contributed by atoms with Gasteiger partial charge in [-0.1, -0.05) is 12.1 Å². The Morgan fingerprint density at radius 3 is 2.89 bits per heavy atom. The summed E-state index contributed by atoms with van der Waals surface area (Å²) in [6.07, 6.45) is 1.73. The summed E-state index contributed by atoms with van der Waals surface area (Å²) in [4.78, 5) is 4.20. The van der Waals surface area contributed by atoms with Gasteiger partial charge in [0.2, 0.25) is 5.13 Å². The molecule has 6 heteroatoms. The molecule has 0 saturated carbocycles. The highest BCUT2D eigenvalue weighted by Gasteiger charge is 2.13. The third kappa shape index (κ3) is 2.06. The summed E-state index contributed by atoms with van der Waals surface area (Å²) < 4.78 is 6.97. The highest BCUT2D eigenvalue weighted by Crippen LogP contribution is 2.30. The first-order chi connectivity index (χ1) is 9.29. The van der Waals surface area contributed by atoms with Crippen molar-refractivity contribution in [2.75, 3.05) is 12.8 Å². The molecule has 2 N–H and O–H groups in total. The molecule has 0 aliphatic heterocycles. The average molecular weight is 272 g/mol. The molecule has 0 unspecified atom stereocenters. The van der Waals surface area contributed by atoms with Crippen LogP contribution in [0.25, 0.3) is 16.4 Å². The van der Waals surface area contributed by atoms with E-state index in [-0.39, 0.29) is 0 Å². The van der Waals surface area contributed by atoms with Crippen molar-refractivity contribution >= 4 is 17.2 Å². The maximum atomic E-state index is 5.99. The highest BCUT2D eigenvalue weighted by atomic mass is 32.1. The number of ether oxygens (including phenoxy) is 1. The van der Waals surface area contributed by atoms with Crippen LogP contribution in [0.5, 0.6) is 5.75 Å². The zero-order valence-electron chi connectivity index (χ0n) is 10.3. The smallest absolute Gasteiger partial charge is 0.212 e. The number of hydrogen-bond acceptors (Lipinski definition) is 5. The van der Waals surface area contributed by atoms with Crippen LogP contribution in [0, 0.1) is 0 Å². The summed E-state index contributed by atoms with van der Waals surface area (Å²) in [5.74, 6) is 1.32. The fraction of sp³-hybridized carbons (Fsp3) is 0.0769. The van der Waals surface area contributed by atoms with Gasteiger partial charge >= 0.3 is 0 Å². The van der Waals surface area contributed by atoms with Crippen molar-refractivity contribution < 1.29 is 4.74 Å². The highest BCUT2D eigenvalue weighted by molar-refractivity contribution is 7.12. The van der Waals surface area contributed by atoms with Crippen molar-refractivity contribution in [3.8, 4) is 22.1 Å². The molecule has 0 radical (unpaired) electrons. The van der Waals surface area contributed by atoms with Gasteiger partial charge in [-0.3, -0.25) is 0 Å². The number of para-hydroxylation sites is 1. The number of hydrogen-bond donors (Lipinski definition) is 1. The number of anilines is 1. The number of methoxy groups -OCH3 is 1. The molecule has 2 aromatic heterocycles. The monoisotopic (exact) mass is 272 g/mol. The van der Waals surface area contributed by atoms with E-state index in [4.69, 9.17) is 10.5 Å². The Morgan fingerprint density at radius 2 is 2.16 bits per heavy atom. The zero-order chi connectivity index (χ0) is 13.2. The molecular weight excluding hydrogens is 260 g/mol. The molecule has 19 heavy (non-hydrogen) atoms. The number of thiazole rings is 1. The molecule has 3 rings (SSSR count). The van der Waals surface area contributed by atoms with Gasteiger partial charge in [-0.25, -0.2) is 4.98 Å².